The van der Waals surface area contributed by atoms with E-state index < -0.39 is 5.97 Å². The molecule has 5 nitrogen and oxygen atoms in total. The molecule has 0 aliphatic carbocycles. The molecule has 0 bridgehead atoms. The molecule has 1 N–H and O–H groups in total. The summed E-state index contributed by atoms with van der Waals surface area (Å²) in [6.45, 7) is 1.53. The number of aliphatic carboxylic acids is 1. The molecule has 106 valence electrons. The third kappa shape index (κ3) is 2.13. The van der Waals surface area contributed by atoms with Crippen molar-refractivity contribution < 1.29 is 14.7 Å². The minimum atomic E-state index is -0.689. The smallest absolute Gasteiger partial charge is 0.306 e. The lowest BCUT2D eigenvalue weighted by atomic mass is 9.96. The second kappa shape index (κ2) is 4.81. The summed E-state index contributed by atoms with van der Waals surface area (Å²) < 4.78 is 0. The number of carboxylic acid groups (broad SMARTS) is 1. The fourth-order valence-corrected chi connectivity index (χ4v) is 3.04. The van der Waals surface area contributed by atoms with Crippen molar-refractivity contribution in [3.05, 3.63) is 23.8 Å². The highest BCUT2D eigenvalue weighted by atomic mass is 16.4. The van der Waals surface area contributed by atoms with Gasteiger partial charge in [-0.3, -0.25) is 9.59 Å². The van der Waals surface area contributed by atoms with Gasteiger partial charge in [-0.05, 0) is 36.6 Å². The fourth-order valence-electron chi connectivity index (χ4n) is 3.04. The molecule has 3 rings (SSSR count). The maximum Gasteiger partial charge on any atom is 0.306 e. The second-order valence-electron chi connectivity index (χ2n) is 5.54. The van der Waals surface area contributed by atoms with E-state index in [9.17, 15) is 9.59 Å². The first kappa shape index (κ1) is 13.0. The lowest BCUT2D eigenvalue weighted by Crippen LogP contribution is -2.36. The van der Waals surface area contributed by atoms with Crippen LogP contribution in [0.5, 0.6) is 0 Å². The number of amides is 1. The van der Waals surface area contributed by atoms with Crippen LogP contribution in [-0.2, 0) is 16.0 Å². The zero-order valence-electron chi connectivity index (χ0n) is 11.5. The molecule has 1 aromatic rings. The molecular weight excluding hydrogens is 256 g/mol. The van der Waals surface area contributed by atoms with Crippen LogP contribution in [0.1, 0.15) is 18.4 Å². The molecule has 0 unspecified atom stereocenters. The van der Waals surface area contributed by atoms with Gasteiger partial charge >= 0.3 is 5.97 Å². The number of carbonyl (C=O) groups is 2. The van der Waals surface area contributed by atoms with Crippen LogP contribution in [0.2, 0.25) is 0 Å². The summed E-state index contributed by atoms with van der Waals surface area (Å²) in [5.74, 6) is -0.777. The minimum absolute atomic E-state index is 0.127. The summed E-state index contributed by atoms with van der Waals surface area (Å²) in [4.78, 5) is 26.5. The molecular formula is C15H18N2O3. The van der Waals surface area contributed by atoms with E-state index in [0.717, 1.165) is 30.0 Å². The molecule has 0 atom stereocenters. The Morgan fingerprint density at radius 1 is 1.30 bits per heavy atom. The van der Waals surface area contributed by atoms with Crippen LogP contribution in [0, 0.1) is 5.92 Å². The highest BCUT2D eigenvalue weighted by Crippen LogP contribution is 2.32. The Labute approximate surface area is 117 Å². The Bertz CT molecular complexity index is 562. The zero-order valence-corrected chi connectivity index (χ0v) is 11.5. The maximum atomic E-state index is 11.7. The highest BCUT2D eigenvalue weighted by molar-refractivity contribution is 6.01. The van der Waals surface area contributed by atoms with Crippen LogP contribution in [0.25, 0.3) is 0 Å². The van der Waals surface area contributed by atoms with E-state index in [1.165, 1.54) is 0 Å². The third-order valence-corrected chi connectivity index (χ3v) is 4.35. The molecule has 0 aromatic heterocycles. The first-order valence-electron chi connectivity index (χ1n) is 6.93. The molecule has 1 aromatic carbocycles. The Morgan fingerprint density at radius 3 is 2.65 bits per heavy atom. The molecule has 2 aliphatic rings. The van der Waals surface area contributed by atoms with Crippen molar-refractivity contribution in [2.24, 2.45) is 5.92 Å². The molecule has 20 heavy (non-hydrogen) atoms. The summed E-state index contributed by atoms with van der Waals surface area (Å²) in [5.41, 5.74) is 3.14. The van der Waals surface area contributed by atoms with Gasteiger partial charge in [-0.15, -0.1) is 0 Å². The van der Waals surface area contributed by atoms with Crippen molar-refractivity contribution in [1.82, 2.24) is 0 Å². The van der Waals surface area contributed by atoms with Gasteiger partial charge in [-0.25, -0.2) is 0 Å². The molecule has 5 heteroatoms. The van der Waals surface area contributed by atoms with Crippen LogP contribution < -0.4 is 9.80 Å². The lowest BCUT2D eigenvalue weighted by molar-refractivity contribution is -0.142. The number of hydrogen-bond donors (Lipinski definition) is 1. The van der Waals surface area contributed by atoms with Crippen molar-refractivity contribution in [3.8, 4) is 0 Å². The zero-order chi connectivity index (χ0) is 14.3. The first-order chi connectivity index (χ1) is 9.56. The van der Waals surface area contributed by atoms with Crippen molar-refractivity contribution in [2.45, 2.75) is 19.3 Å². The van der Waals surface area contributed by atoms with E-state index in [1.807, 2.05) is 12.1 Å². The number of fused-ring (bicyclic) bond motifs is 1. The van der Waals surface area contributed by atoms with Crippen molar-refractivity contribution in [1.29, 1.82) is 0 Å². The fraction of sp³-hybridized carbons (Fsp3) is 0.467. The Balaban J connectivity index is 1.75. The third-order valence-electron chi connectivity index (χ3n) is 4.35. The average molecular weight is 274 g/mol. The van der Waals surface area contributed by atoms with Gasteiger partial charge < -0.3 is 14.9 Å². The molecule has 1 saturated heterocycles. The molecule has 0 radical (unpaired) electrons. The summed E-state index contributed by atoms with van der Waals surface area (Å²) >= 11 is 0. The number of carbonyl (C=O) groups excluding carboxylic acids is 1. The van der Waals surface area contributed by atoms with Crippen molar-refractivity contribution >= 4 is 23.3 Å². The summed E-state index contributed by atoms with van der Waals surface area (Å²) in [5, 5.41) is 9.02. The van der Waals surface area contributed by atoms with E-state index in [4.69, 9.17) is 5.11 Å². The molecule has 1 fully saturated rings. The average Bonchev–Trinajstić information content (AvgIpc) is 2.74. The Kier molecular flexibility index (Phi) is 3.12. The first-order valence-corrected chi connectivity index (χ1v) is 6.93. The predicted octanol–water partition coefficient (Wildman–Crippen LogP) is 1.51. The van der Waals surface area contributed by atoms with Gasteiger partial charge in [-0.2, -0.15) is 0 Å². The highest BCUT2D eigenvalue weighted by Gasteiger charge is 2.27. The van der Waals surface area contributed by atoms with Gasteiger partial charge in [0.05, 0.1) is 12.3 Å². The van der Waals surface area contributed by atoms with E-state index in [0.29, 0.717) is 19.3 Å². The van der Waals surface area contributed by atoms with E-state index in [2.05, 4.69) is 11.0 Å². The number of hydrogen-bond acceptors (Lipinski definition) is 3. The van der Waals surface area contributed by atoms with Crippen LogP contribution in [0.4, 0.5) is 11.4 Å². The normalized spacial score (nSPS) is 19.4. The lowest BCUT2D eigenvalue weighted by Gasteiger charge is -2.32. The van der Waals surface area contributed by atoms with Crippen molar-refractivity contribution in [3.63, 3.8) is 0 Å². The number of piperidine rings is 1. The number of likely N-dealkylation sites (N-methyl/N-ethyl adjacent to an activating group) is 1. The van der Waals surface area contributed by atoms with Gasteiger partial charge in [0.2, 0.25) is 5.91 Å². The number of carboxylic acids is 1. The summed E-state index contributed by atoms with van der Waals surface area (Å²) in [6.07, 6.45) is 1.84. The van der Waals surface area contributed by atoms with Gasteiger partial charge in [-0.1, -0.05) is 0 Å². The monoisotopic (exact) mass is 274 g/mol. The van der Waals surface area contributed by atoms with Gasteiger partial charge in [0.1, 0.15) is 0 Å². The summed E-state index contributed by atoms with van der Waals surface area (Å²) in [6, 6.07) is 6.08. The quantitative estimate of drug-likeness (QED) is 0.888. The Morgan fingerprint density at radius 2 is 2.00 bits per heavy atom. The van der Waals surface area contributed by atoms with E-state index in [-0.39, 0.29) is 11.8 Å². The minimum Gasteiger partial charge on any atom is -0.481 e. The summed E-state index contributed by atoms with van der Waals surface area (Å²) in [7, 11) is 1.80. The van der Waals surface area contributed by atoms with Crippen LogP contribution in [0.3, 0.4) is 0 Å². The molecule has 1 amide bonds. The van der Waals surface area contributed by atoms with E-state index in [1.54, 1.807) is 11.9 Å². The van der Waals surface area contributed by atoms with Gasteiger partial charge in [0.15, 0.2) is 0 Å². The largest absolute Gasteiger partial charge is 0.481 e. The van der Waals surface area contributed by atoms with Gasteiger partial charge in [0, 0.05) is 31.5 Å². The van der Waals surface area contributed by atoms with Gasteiger partial charge in [0.25, 0.3) is 0 Å². The SMILES string of the molecule is CN1C(=O)Cc2cc(N3CCC(C(=O)O)CC3)ccc21. The van der Waals surface area contributed by atoms with Crippen LogP contribution >= 0.6 is 0 Å². The number of rotatable bonds is 2. The number of anilines is 2. The topological polar surface area (TPSA) is 60.9 Å². The van der Waals surface area contributed by atoms with Crippen LogP contribution in [0.15, 0.2) is 18.2 Å². The Hall–Kier alpha value is -2.04. The maximum absolute atomic E-state index is 11.7. The molecule has 2 heterocycles. The standard InChI is InChI=1S/C15H18N2O3/c1-16-13-3-2-12(8-11(13)9-14(16)18)17-6-4-10(5-7-17)15(19)20/h2-3,8,10H,4-7,9H2,1H3,(H,19,20). The van der Waals surface area contributed by atoms with Crippen LogP contribution in [-0.4, -0.2) is 37.1 Å². The number of nitrogens with zero attached hydrogens (tertiary/aromatic N) is 2. The second-order valence-corrected chi connectivity index (χ2v) is 5.54. The number of benzene rings is 1. The van der Waals surface area contributed by atoms with E-state index >= 15 is 0 Å². The molecule has 0 saturated carbocycles. The predicted molar refractivity (Wildman–Crippen MR) is 76.1 cm³/mol. The molecule has 0 spiro atoms. The van der Waals surface area contributed by atoms with Crippen molar-refractivity contribution in [2.75, 3.05) is 29.9 Å². The molecule has 2 aliphatic heterocycles.